The second-order valence-corrected chi connectivity index (χ2v) is 8.60. The lowest BCUT2D eigenvalue weighted by atomic mass is 10.1. The molecule has 0 radical (unpaired) electrons. The second-order valence-electron chi connectivity index (χ2n) is 8.22. The number of aryl methyl sites for hydroxylation is 2. The van der Waals surface area contributed by atoms with Crippen LogP contribution in [0.4, 0.5) is 8.78 Å². The number of aromatic nitrogens is 3. The third-order valence-corrected chi connectivity index (χ3v) is 6.59. The Labute approximate surface area is 188 Å². The minimum Gasteiger partial charge on any atom is -0.486 e. The van der Waals surface area contributed by atoms with E-state index in [4.69, 9.17) is 16.3 Å². The first-order valence-corrected chi connectivity index (χ1v) is 10.8. The number of alkyl halides is 1. The Morgan fingerprint density at radius 1 is 1.31 bits per heavy atom. The zero-order valence-electron chi connectivity index (χ0n) is 17.7. The van der Waals surface area contributed by atoms with Crippen molar-refractivity contribution in [3.8, 4) is 5.75 Å². The molecule has 7 nitrogen and oxygen atoms in total. The number of carbonyl (C=O) groups excluding carboxylic acids is 1. The van der Waals surface area contributed by atoms with Crippen LogP contribution in [0.2, 0.25) is 5.02 Å². The van der Waals surface area contributed by atoms with Crippen LogP contribution >= 0.6 is 11.6 Å². The Hall–Kier alpha value is -2.78. The van der Waals surface area contributed by atoms with Gasteiger partial charge in [0, 0.05) is 18.2 Å². The molecule has 2 aromatic heterocycles. The van der Waals surface area contributed by atoms with Gasteiger partial charge in [0.1, 0.15) is 23.8 Å². The Kier molecular flexibility index (Phi) is 5.25. The highest BCUT2D eigenvalue weighted by molar-refractivity contribution is 6.31. The quantitative estimate of drug-likeness (QED) is 0.647. The number of ether oxygens (including phenoxy) is 1. The Morgan fingerprint density at radius 3 is 2.91 bits per heavy atom. The lowest BCUT2D eigenvalue weighted by Crippen LogP contribution is -2.44. The summed E-state index contributed by atoms with van der Waals surface area (Å²) in [6.07, 6.45) is -1.53. The summed E-state index contributed by atoms with van der Waals surface area (Å²) in [6.45, 7) is 5.05. The molecule has 0 bridgehead atoms. The number of hydrogen-bond donors (Lipinski definition) is 1. The minimum atomic E-state index is -1.23. The molecule has 2 aliphatic rings. The highest BCUT2D eigenvalue weighted by atomic mass is 35.5. The van der Waals surface area contributed by atoms with E-state index < -0.39 is 18.1 Å². The largest absolute Gasteiger partial charge is 0.486 e. The van der Waals surface area contributed by atoms with E-state index in [1.807, 2.05) is 13.8 Å². The molecule has 1 saturated heterocycles. The first kappa shape index (κ1) is 21.1. The molecule has 2 aliphatic heterocycles. The molecule has 1 N–H and O–H groups in total. The smallest absolute Gasteiger partial charge is 0.258 e. The van der Waals surface area contributed by atoms with Crippen molar-refractivity contribution in [2.45, 2.75) is 45.6 Å². The van der Waals surface area contributed by atoms with Crippen LogP contribution in [0, 0.1) is 19.7 Å². The van der Waals surface area contributed by atoms with Gasteiger partial charge >= 0.3 is 0 Å². The van der Waals surface area contributed by atoms with E-state index in [1.54, 1.807) is 9.42 Å². The van der Waals surface area contributed by atoms with Gasteiger partial charge in [-0.2, -0.15) is 5.10 Å². The van der Waals surface area contributed by atoms with Crippen LogP contribution in [0.3, 0.4) is 0 Å². The SMILES string of the molecule is Cc1nc2c3c(nn2c(C)c1Cl)CN(C(=O)c1ccc(F)cc1O[C@H]1CCNC[C@H]1F)C3. The molecule has 32 heavy (non-hydrogen) atoms. The van der Waals surface area contributed by atoms with Crippen molar-refractivity contribution in [2.75, 3.05) is 13.1 Å². The van der Waals surface area contributed by atoms with Gasteiger partial charge in [0.25, 0.3) is 5.91 Å². The number of hydrogen-bond acceptors (Lipinski definition) is 5. The molecule has 1 amide bonds. The Morgan fingerprint density at radius 2 is 2.12 bits per heavy atom. The van der Waals surface area contributed by atoms with E-state index >= 15 is 0 Å². The van der Waals surface area contributed by atoms with Crippen molar-refractivity contribution >= 4 is 23.2 Å². The summed E-state index contributed by atoms with van der Waals surface area (Å²) in [7, 11) is 0. The summed E-state index contributed by atoms with van der Waals surface area (Å²) in [5.74, 6) is -0.821. The lowest BCUT2D eigenvalue weighted by Gasteiger charge is -2.28. The molecular weight excluding hydrogens is 440 g/mol. The second kappa shape index (κ2) is 7.97. The number of amides is 1. The summed E-state index contributed by atoms with van der Waals surface area (Å²) in [5, 5.41) is 8.10. The molecule has 1 fully saturated rings. The first-order chi connectivity index (χ1) is 15.3. The summed E-state index contributed by atoms with van der Waals surface area (Å²) < 4.78 is 35.7. The number of carbonyl (C=O) groups is 1. The number of benzene rings is 1. The van der Waals surface area contributed by atoms with Crippen molar-refractivity contribution in [1.82, 2.24) is 24.8 Å². The van der Waals surface area contributed by atoms with E-state index in [-0.39, 0.29) is 30.3 Å². The fraction of sp³-hybridized carbons (Fsp3) is 0.409. The van der Waals surface area contributed by atoms with Crippen LogP contribution in [-0.4, -0.2) is 50.8 Å². The normalized spacial score (nSPS) is 20.6. The van der Waals surface area contributed by atoms with Crippen LogP contribution in [0.25, 0.3) is 5.65 Å². The predicted octanol–water partition coefficient (Wildman–Crippen LogP) is 3.37. The number of fused-ring (bicyclic) bond motifs is 3. The highest BCUT2D eigenvalue weighted by Gasteiger charge is 2.33. The third-order valence-electron chi connectivity index (χ3n) is 6.04. The molecule has 0 unspecified atom stereocenters. The van der Waals surface area contributed by atoms with Gasteiger partial charge in [-0.1, -0.05) is 11.6 Å². The van der Waals surface area contributed by atoms with Gasteiger partial charge in [-0.15, -0.1) is 0 Å². The summed E-state index contributed by atoms with van der Waals surface area (Å²) >= 11 is 6.30. The zero-order chi connectivity index (χ0) is 22.6. The van der Waals surface area contributed by atoms with Crippen LogP contribution in [0.1, 0.15) is 39.4 Å². The summed E-state index contributed by atoms with van der Waals surface area (Å²) in [5.41, 5.74) is 3.94. The predicted molar refractivity (Wildman–Crippen MR) is 114 cm³/mol. The number of rotatable bonds is 3. The maximum absolute atomic E-state index is 14.2. The molecule has 0 aliphatic carbocycles. The maximum Gasteiger partial charge on any atom is 0.258 e. The van der Waals surface area contributed by atoms with Gasteiger partial charge in [-0.25, -0.2) is 18.3 Å². The van der Waals surface area contributed by atoms with Crippen molar-refractivity contribution in [3.63, 3.8) is 0 Å². The van der Waals surface area contributed by atoms with Gasteiger partial charge in [0.2, 0.25) is 0 Å². The van der Waals surface area contributed by atoms with Gasteiger partial charge in [0.15, 0.2) is 5.65 Å². The van der Waals surface area contributed by atoms with Gasteiger partial charge < -0.3 is 15.0 Å². The fourth-order valence-electron chi connectivity index (χ4n) is 4.29. The number of halogens is 3. The summed E-state index contributed by atoms with van der Waals surface area (Å²) in [4.78, 5) is 19.5. The Bertz CT molecular complexity index is 1230. The molecule has 0 saturated carbocycles. The minimum absolute atomic E-state index is 0.0555. The van der Waals surface area contributed by atoms with Crippen molar-refractivity contribution in [3.05, 3.63) is 57.2 Å². The monoisotopic (exact) mass is 461 g/mol. The average Bonchev–Trinajstić information content (AvgIpc) is 3.33. The van der Waals surface area contributed by atoms with Crippen molar-refractivity contribution in [2.24, 2.45) is 0 Å². The molecule has 3 aromatic rings. The highest BCUT2D eigenvalue weighted by Crippen LogP contribution is 2.32. The fourth-order valence-corrected chi connectivity index (χ4v) is 4.41. The Balaban J connectivity index is 1.43. The number of nitrogens with one attached hydrogen (secondary N) is 1. The molecule has 0 spiro atoms. The van der Waals surface area contributed by atoms with Gasteiger partial charge in [0.05, 0.1) is 40.8 Å². The average molecular weight is 462 g/mol. The topological polar surface area (TPSA) is 71.8 Å². The van der Waals surface area contributed by atoms with Crippen LogP contribution in [-0.2, 0) is 13.1 Å². The third kappa shape index (κ3) is 3.49. The zero-order valence-corrected chi connectivity index (χ0v) is 18.4. The lowest BCUT2D eigenvalue weighted by molar-refractivity contribution is 0.0657. The van der Waals surface area contributed by atoms with E-state index in [9.17, 15) is 13.6 Å². The van der Waals surface area contributed by atoms with Crippen molar-refractivity contribution < 1.29 is 18.3 Å². The maximum atomic E-state index is 14.2. The summed E-state index contributed by atoms with van der Waals surface area (Å²) in [6, 6.07) is 3.74. The number of piperidine rings is 1. The van der Waals surface area contributed by atoms with Crippen LogP contribution in [0.15, 0.2) is 18.2 Å². The van der Waals surface area contributed by atoms with E-state index in [2.05, 4.69) is 15.4 Å². The number of nitrogens with zero attached hydrogens (tertiary/aromatic N) is 4. The molecule has 5 rings (SSSR count). The van der Waals surface area contributed by atoms with E-state index in [0.29, 0.717) is 35.9 Å². The first-order valence-electron chi connectivity index (χ1n) is 10.5. The van der Waals surface area contributed by atoms with E-state index in [0.717, 1.165) is 23.0 Å². The molecule has 168 valence electrons. The van der Waals surface area contributed by atoms with Gasteiger partial charge in [-0.05, 0) is 38.9 Å². The van der Waals surface area contributed by atoms with E-state index in [1.165, 1.54) is 12.1 Å². The standard InChI is InChI=1S/C22H22ClF2N5O2/c1-11-20(23)12(2)30-21(27-11)15-9-29(10-17(15)28-30)22(31)14-4-3-13(24)7-19(14)32-18-5-6-26-8-16(18)25/h3-4,7,16,18,26H,5-6,8-10H2,1-2H3/t16-,18+/m1/s1. The van der Waals surface area contributed by atoms with Crippen molar-refractivity contribution in [1.29, 1.82) is 0 Å². The molecule has 2 atom stereocenters. The van der Waals surface area contributed by atoms with Gasteiger partial charge in [-0.3, -0.25) is 4.79 Å². The van der Waals surface area contributed by atoms with Crippen LogP contribution in [0.5, 0.6) is 5.75 Å². The molecule has 1 aromatic carbocycles. The molecular formula is C22H22ClF2N5O2. The molecule has 10 heteroatoms. The molecule has 4 heterocycles. The van der Waals surface area contributed by atoms with Crippen LogP contribution < -0.4 is 10.1 Å².